The molecule has 122 valence electrons. The number of hydrogen-bond donors (Lipinski definition) is 0. The molecule has 0 atom stereocenters. The van der Waals surface area contributed by atoms with Gasteiger partial charge < -0.3 is 8.82 Å². The van der Waals surface area contributed by atoms with Crippen molar-refractivity contribution in [1.29, 1.82) is 5.26 Å². The largest absolute Gasteiger partial charge is 0.411 e. The highest BCUT2D eigenvalue weighted by molar-refractivity contribution is 7.98. The normalized spacial score (nSPS) is 10.9. The topological polar surface area (TPSA) is 67.1 Å². The standard InChI is InChI=1S/C18H11ClN4OS/c19-14-5-3-4-12(8-14)17-21-22-18(24-17)25-11-13-10-23-7-2-1-6-16(23)15(13)9-20/h1-8,10H,11H2. The van der Waals surface area contributed by atoms with Crippen LogP contribution in [0, 0.1) is 11.3 Å². The van der Waals surface area contributed by atoms with Gasteiger partial charge in [-0.1, -0.05) is 35.5 Å². The van der Waals surface area contributed by atoms with Crippen LogP contribution in [0.1, 0.15) is 11.1 Å². The Labute approximate surface area is 152 Å². The van der Waals surface area contributed by atoms with Crippen LogP contribution in [0.5, 0.6) is 0 Å². The lowest BCUT2D eigenvalue weighted by molar-refractivity contribution is 0.466. The van der Waals surface area contributed by atoms with Crippen LogP contribution in [0.2, 0.25) is 5.02 Å². The molecule has 4 rings (SSSR count). The van der Waals surface area contributed by atoms with E-state index in [1.165, 1.54) is 11.8 Å². The van der Waals surface area contributed by atoms with E-state index < -0.39 is 0 Å². The molecule has 5 nitrogen and oxygen atoms in total. The molecule has 25 heavy (non-hydrogen) atoms. The van der Waals surface area contributed by atoms with Crippen molar-refractivity contribution in [1.82, 2.24) is 14.6 Å². The van der Waals surface area contributed by atoms with E-state index in [0.717, 1.165) is 16.6 Å². The fraction of sp³-hybridized carbons (Fsp3) is 0.0556. The molecule has 1 aromatic carbocycles. The Morgan fingerprint density at radius 1 is 1.20 bits per heavy atom. The van der Waals surface area contributed by atoms with Crippen molar-refractivity contribution in [2.45, 2.75) is 11.0 Å². The molecule has 7 heteroatoms. The van der Waals surface area contributed by atoms with Crippen LogP contribution in [0.4, 0.5) is 0 Å². The Morgan fingerprint density at radius 3 is 2.96 bits per heavy atom. The highest BCUT2D eigenvalue weighted by Gasteiger charge is 2.13. The van der Waals surface area contributed by atoms with Crippen molar-refractivity contribution >= 4 is 28.9 Å². The maximum Gasteiger partial charge on any atom is 0.277 e. The molecule has 0 saturated heterocycles. The maximum absolute atomic E-state index is 9.44. The number of benzene rings is 1. The number of hydrogen-bond acceptors (Lipinski definition) is 5. The third-order valence-corrected chi connectivity index (χ3v) is 4.81. The summed E-state index contributed by atoms with van der Waals surface area (Å²) in [5, 5.41) is 18.6. The Balaban J connectivity index is 1.56. The first-order chi connectivity index (χ1) is 12.2. The second kappa shape index (κ2) is 6.63. The Kier molecular flexibility index (Phi) is 4.18. The molecule has 3 aromatic heterocycles. The van der Waals surface area contributed by atoms with Gasteiger partial charge in [0, 0.05) is 28.7 Å². The summed E-state index contributed by atoms with van der Waals surface area (Å²) < 4.78 is 7.63. The number of thioether (sulfide) groups is 1. The summed E-state index contributed by atoms with van der Waals surface area (Å²) >= 11 is 7.39. The first kappa shape index (κ1) is 15.8. The van der Waals surface area contributed by atoms with Crippen LogP contribution in [-0.2, 0) is 5.75 Å². The third kappa shape index (κ3) is 3.12. The molecule has 0 amide bonds. The smallest absolute Gasteiger partial charge is 0.277 e. The summed E-state index contributed by atoms with van der Waals surface area (Å²) in [6.45, 7) is 0. The molecule has 0 aliphatic carbocycles. The van der Waals surface area contributed by atoms with Crippen molar-refractivity contribution in [3.63, 3.8) is 0 Å². The van der Waals surface area contributed by atoms with E-state index in [1.54, 1.807) is 12.1 Å². The molecule has 0 N–H and O–H groups in total. The first-order valence-corrected chi connectivity index (χ1v) is 8.82. The maximum atomic E-state index is 9.44. The van der Waals surface area contributed by atoms with Crippen molar-refractivity contribution < 1.29 is 4.42 Å². The minimum atomic E-state index is 0.424. The minimum Gasteiger partial charge on any atom is -0.411 e. The predicted molar refractivity (Wildman–Crippen MR) is 96.4 cm³/mol. The highest BCUT2D eigenvalue weighted by atomic mass is 35.5. The van der Waals surface area contributed by atoms with Gasteiger partial charge >= 0.3 is 0 Å². The van der Waals surface area contributed by atoms with Gasteiger partial charge in [-0.15, -0.1) is 10.2 Å². The van der Waals surface area contributed by atoms with Crippen molar-refractivity contribution in [3.8, 4) is 17.5 Å². The molecule has 0 aliphatic heterocycles. The van der Waals surface area contributed by atoms with Gasteiger partial charge in [0.15, 0.2) is 0 Å². The molecule has 0 radical (unpaired) electrons. The second-order valence-electron chi connectivity index (χ2n) is 5.31. The molecule has 0 bridgehead atoms. The van der Waals surface area contributed by atoms with Gasteiger partial charge in [-0.25, -0.2) is 0 Å². The Hall–Kier alpha value is -2.75. The van der Waals surface area contributed by atoms with E-state index in [-0.39, 0.29) is 0 Å². The summed E-state index contributed by atoms with van der Waals surface area (Å²) in [4.78, 5) is 0. The Morgan fingerprint density at radius 2 is 2.12 bits per heavy atom. The fourth-order valence-corrected chi connectivity index (χ4v) is 3.49. The fourth-order valence-electron chi connectivity index (χ4n) is 2.56. The SMILES string of the molecule is N#Cc1c(CSc2nnc(-c3cccc(Cl)c3)o2)cn2ccccc12. The lowest BCUT2D eigenvalue weighted by atomic mass is 10.2. The number of rotatable bonds is 4. The van der Waals surface area contributed by atoms with E-state index in [2.05, 4.69) is 16.3 Å². The quantitative estimate of drug-likeness (QED) is 0.485. The first-order valence-electron chi connectivity index (χ1n) is 7.45. The van der Waals surface area contributed by atoms with E-state index >= 15 is 0 Å². The highest BCUT2D eigenvalue weighted by Crippen LogP contribution is 2.29. The molecule has 4 aromatic rings. The molecular weight excluding hydrogens is 356 g/mol. The van der Waals surface area contributed by atoms with Crippen LogP contribution < -0.4 is 0 Å². The number of aromatic nitrogens is 3. The monoisotopic (exact) mass is 366 g/mol. The molecule has 0 aliphatic rings. The van der Waals surface area contributed by atoms with Gasteiger partial charge in [0.2, 0.25) is 5.89 Å². The number of halogens is 1. The van der Waals surface area contributed by atoms with Crippen LogP contribution in [0.25, 0.3) is 17.0 Å². The predicted octanol–water partition coefficient (Wildman–Crippen LogP) is 4.81. The number of nitriles is 1. The van der Waals surface area contributed by atoms with Crippen LogP contribution in [0.15, 0.2) is 64.5 Å². The lowest BCUT2D eigenvalue weighted by Gasteiger charge is -1.96. The summed E-state index contributed by atoms with van der Waals surface area (Å²) in [7, 11) is 0. The molecule has 3 heterocycles. The van der Waals surface area contributed by atoms with E-state index in [4.69, 9.17) is 16.0 Å². The van der Waals surface area contributed by atoms with Gasteiger partial charge in [0.25, 0.3) is 5.22 Å². The zero-order valence-corrected chi connectivity index (χ0v) is 14.5. The van der Waals surface area contributed by atoms with Gasteiger partial charge in [-0.3, -0.25) is 0 Å². The van der Waals surface area contributed by atoms with Crippen LogP contribution >= 0.6 is 23.4 Å². The molecule has 0 fully saturated rings. The van der Waals surface area contributed by atoms with Gasteiger partial charge in [0.1, 0.15) is 6.07 Å². The van der Waals surface area contributed by atoms with Crippen LogP contribution in [-0.4, -0.2) is 14.6 Å². The number of nitrogens with zero attached hydrogens (tertiary/aromatic N) is 4. The lowest BCUT2D eigenvalue weighted by Crippen LogP contribution is -1.82. The molecular formula is C18H11ClN4OS. The zero-order valence-electron chi connectivity index (χ0n) is 12.9. The van der Waals surface area contributed by atoms with Crippen molar-refractivity contribution in [2.75, 3.05) is 0 Å². The van der Waals surface area contributed by atoms with Crippen molar-refractivity contribution in [3.05, 3.63) is 71.0 Å². The summed E-state index contributed by atoms with van der Waals surface area (Å²) in [5.41, 5.74) is 3.27. The van der Waals surface area contributed by atoms with Gasteiger partial charge in [0.05, 0.1) is 11.1 Å². The number of pyridine rings is 1. The summed E-state index contributed by atoms with van der Waals surface area (Å²) in [5.74, 6) is 0.995. The number of fused-ring (bicyclic) bond motifs is 1. The van der Waals surface area contributed by atoms with Gasteiger partial charge in [-0.05, 0) is 35.9 Å². The third-order valence-electron chi connectivity index (χ3n) is 3.70. The van der Waals surface area contributed by atoms with E-state index in [9.17, 15) is 5.26 Å². The summed E-state index contributed by atoms with van der Waals surface area (Å²) in [6.07, 6.45) is 3.88. The van der Waals surface area contributed by atoms with Crippen LogP contribution in [0.3, 0.4) is 0 Å². The molecule has 0 saturated carbocycles. The van der Waals surface area contributed by atoms with Gasteiger partial charge in [-0.2, -0.15) is 5.26 Å². The average Bonchev–Trinajstić information content (AvgIpc) is 3.24. The minimum absolute atomic E-state index is 0.424. The van der Waals surface area contributed by atoms with Crippen molar-refractivity contribution in [2.24, 2.45) is 0 Å². The van der Waals surface area contributed by atoms with E-state index in [1.807, 2.05) is 47.1 Å². The molecule has 0 unspecified atom stereocenters. The molecule has 0 spiro atoms. The Bertz CT molecular complexity index is 1100. The van der Waals surface area contributed by atoms with E-state index in [0.29, 0.717) is 27.5 Å². The average molecular weight is 367 g/mol. The second-order valence-corrected chi connectivity index (χ2v) is 6.67. The summed E-state index contributed by atoms with van der Waals surface area (Å²) in [6, 6.07) is 15.3. The zero-order chi connectivity index (χ0) is 17.2.